The Morgan fingerprint density at radius 1 is 1.38 bits per heavy atom. The highest BCUT2D eigenvalue weighted by atomic mass is 19.4. The molecule has 1 aromatic carbocycles. The third kappa shape index (κ3) is 2.26. The summed E-state index contributed by atoms with van der Waals surface area (Å²) in [5, 5.41) is 9.32. The molecule has 0 amide bonds. The van der Waals surface area contributed by atoms with Gasteiger partial charge in [-0.25, -0.2) is 0 Å². The molecule has 0 bridgehead atoms. The van der Waals surface area contributed by atoms with E-state index < -0.39 is 28.8 Å². The standard InChI is InChI=1S/C10H9F3O3/c1-5(14)7-3-6(16-2)4-8(9(7)15)10(11,12)13/h3-4,15H,1-2H3. The Balaban J connectivity index is 3.50. The molecule has 88 valence electrons. The number of halogens is 3. The molecule has 0 atom stereocenters. The first-order valence-electron chi connectivity index (χ1n) is 4.26. The molecule has 6 heteroatoms. The lowest BCUT2D eigenvalue weighted by Gasteiger charge is -2.13. The van der Waals surface area contributed by atoms with Crippen LogP contribution in [0.3, 0.4) is 0 Å². The molecule has 0 unspecified atom stereocenters. The second-order valence-corrected chi connectivity index (χ2v) is 3.13. The highest BCUT2D eigenvalue weighted by Crippen LogP contribution is 2.40. The average Bonchev–Trinajstić information content (AvgIpc) is 2.15. The summed E-state index contributed by atoms with van der Waals surface area (Å²) in [6.07, 6.45) is -4.73. The van der Waals surface area contributed by atoms with Crippen molar-refractivity contribution < 1.29 is 27.8 Å². The highest BCUT2D eigenvalue weighted by Gasteiger charge is 2.36. The minimum absolute atomic E-state index is 0.129. The fraction of sp³-hybridized carbons (Fsp3) is 0.300. The van der Waals surface area contributed by atoms with Crippen molar-refractivity contribution in [2.75, 3.05) is 7.11 Å². The Labute approximate surface area is 89.5 Å². The molecule has 1 aromatic rings. The first-order valence-corrected chi connectivity index (χ1v) is 4.26. The minimum atomic E-state index is -4.73. The van der Waals surface area contributed by atoms with Gasteiger partial charge in [-0.3, -0.25) is 4.79 Å². The summed E-state index contributed by atoms with van der Waals surface area (Å²) in [5.74, 6) is -1.86. The number of Topliss-reactive ketones (excluding diaryl/α,β-unsaturated/α-hetero) is 1. The number of phenols is 1. The molecule has 0 saturated carbocycles. The first-order chi connectivity index (χ1) is 7.27. The van der Waals surface area contributed by atoms with Crippen LogP contribution < -0.4 is 4.74 Å². The molecule has 16 heavy (non-hydrogen) atoms. The molecule has 0 aliphatic carbocycles. The Morgan fingerprint density at radius 2 is 1.94 bits per heavy atom. The van der Waals surface area contributed by atoms with Crippen LogP contribution in [-0.2, 0) is 6.18 Å². The normalized spacial score (nSPS) is 11.3. The van der Waals surface area contributed by atoms with E-state index in [0.29, 0.717) is 6.07 Å². The fourth-order valence-electron chi connectivity index (χ4n) is 1.21. The number of methoxy groups -OCH3 is 1. The number of rotatable bonds is 2. The van der Waals surface area contributed by atoms with Crippen molar-refractivity contribution in [3.63, 3.8) is 0 Å². The van der Waals surface area contributed by atoms with Gasteiger partial charge in [-0.15, -0.1) is 0 Å². The van der Waals surface area contributed by atoms with Gasteiger partial charge in [0.1, 0.15) is 17.1 Å². The molecule has 0 saturated heterocycles. The van der Waals surface area contributed by atoms with Gasteiger partial charge in [-0.1, -0.05) is 0 Å². The molecular weight excluding hydrogens is 225 g/mol. The van der Waals surface area contributed by atoms with Crippen LogP contribution in [-0.4, -0.2) is 18.0 Å². The number of hydrogen-bond donors (Lipinski definition) is 1. The van der Waals surface area contributed by atoms with Crippen LogP contribution in [0, 0.1) is 0 Å². The van der Waals surface area contributed by atoms with Gasteiger partial charge < -0.3 is 9.84 Å². The van der Waals surface area contributed by atoms with E-state index in [1.165, 1.54) is 7.11 Å². The second kappa shape index (κ2) is 4.03. The number of benzene rings is 1. The zero-order chi connectivity index (χ0) is 12.5. The molecule has 0 radical (unpaired) electrons. The van der Waals surface area contributed by atoms with E-state index in [1.807, 2.05) is 0 Å². The van der Waals surface area contributed by atoms with Crippen LogP contribution in [0.2, 0.25) is 0 Å². The number of alkyl halides is 3. The van der Waals surface area contributed by atoms with Crippen LogP contribution in [0.1, 0.15) is 22.8 Å². The third-order valence-corrected chi connectivity index (χ3v) is 2.00. The molecule has 0 spiro atoms. The van der Waals surface area contributed by atoms with Crippen molar-refractivity contribution in [3.8, 4) is 11.5 Å². The summed E-state index contributed by atoms with van der Waals surface area (Å²) in [7, 11) is 1.18. The van der Waals surface area contributed by atoms with E-state index in [4.69, 9.17) is 0 Å². The maximum Gasteiger partial charge on any atom is 0.420 e. The summed E-state index contributed by atoms with van der Waals surface area (Å²) in [4.78, 5) is 11.0. The minimum Gasteiger partial charge on any atom is -0.507 e. The van der Waals surface area contributed by atoms with E-state index in [-0.39, 0.29) is 5.75 Å². The van der Waals surface area contributed by atoms with Gasteiger partial charge in [0.25, 0.3) is 0 Å². The predicted octanol–water partition coefficient (Wildman–Crippen LogP) is 2.62. The largest absolute Gasteiger partial charge is 0.507 e. The Bertz CT molecular complexity index is 424. The fourth-order valence-corrected chi connectivity index (χ4v) is 1.21. The molecule has 3 nitrogen and oxygen atoms in total. The van der Waals surface area contributed by atoms with Crippen LogP contribution in [0.15, 0.2) is 12.1 Å². The number of ketones is 1. The zero-order valence-corrected chi connectivity index (χ0v) is 8.55. The summed E-state index contributed by atoms with van der Waals surface area (Å²) < 4.78 is 42.1. The molecule has 0 aliphatic heterocycles. The average molecular weight is 234 g/mol. The summed E-state index contributed by atoms with van der Waals surface area (Å²) in [6.45, 7) is 1.06. The van der Waals surface area contributed by atoms with E-state index in [0.717, 1.165) is 13.0 Å². The van der Waals surface area contributed by atoms with Crippen molar-refractivity contribution in [3.05, 3.63) is 23.3 Å². The van der Waals surface area contributed by atoms with Crippen molar-refractivity contribution in [1.82, 2.24) is 0 Å². The number of hydrogen-bond acceptors (Lipinski definition) is 3. The molecule has 0 aliphatic rings. The lowest BCUT2D eigenvalue weighted by molar-refractivity contribution is -0.138. The number of aromatic hydroxyl groups is 1. The summed E-state index contributed by atoms with van der Waals surface area (Å²) >= 11 is 0. The van der Waals surface area contributed by atoms with Gasteiger partial charge in [0.2, 0.25) is 0 Å². The van der Waals surface area contributed by atoms with Crippen molar-refractivity contribution in [2.45, 2.75) is 13.1 Å². The van der Waals surface area contributed by atoms with Crippen LogP contribution in [0.5, 0.6) is 11.5 Å². The number of carbonyl (C=O) groups excluding carboxylic acids is 1. The Morgan fingerprint density at radius 3 is 2.31 bits per heavy atom. The molecular formula is C10H9F3O3. The number of carbonyl (C=O) groups is 1. The quantitative estimate of drug-likeness (QED) is 0.800. The first kappa shape index (κ1) is 12.4. The maximum atomic E-state index is 12.5. The van der Waals surface area contributed by atoms with E-state index in [2.05, 4.69) is 4.74 Å². The molecule has 0 heterocycles. The highest BCUT2D eigenvalue weighted by molar-refractivity contribution is 5.97. The van der Waals surface area contributed by atoms with Gasteiger partial charge in [-0.2, -0.15) is 13.2 Å². The van der Waals surface area contributed by atoms with Crippen LogP contribution in [0.4, 0.5) is 13.2 Å². The van der Waals surface area contributed by atoms with Gasteiger partial charge in [0, 0.05) is 0 Å². The monoisotopic (exact) mass is 234 g/mol. The molecule has 1 rings (SSSR count). The van der Waals surface area contributed by atoms with Gasteiger partial charge in [-0.05, 0) is 19.1 Å². The topological polar surface area (TPSA) is 46.5 Å². The SMILES string of the molecule is COc1cc(C(C)=O)c(O)c(C(F)(F)F)c1. The zero-order valence-electron chi connectivity index (χ0n) is 8.55. The van der Waals surface area contributed by atoms with Gasteiger partial charge in [0.15, 0.2) is 5.78 Å². The predicted molar refractivity (Wildman–Crippen MR) is 49.7 cm³/mol. The molecule has 0 fully saturated rings. The summed E-state index contributed by atoms with van der Waals surface area (Å²) in [6, 6.07) is 1.70. The number of ether oxygens (including phenoxy) is 1. The number of phenolic OH excluding ortho intramolecular Hbond substituents is 1. The lowest BCUT2D eigenvalue weighted by Crippen LogP contribution is -2.08. The van der Waals surface area contributed by atoms with Crippen molar-refractivity contribution in [1.29, 1.82) is 0 Å². The van der Waals surface area contributed by atoms with Crippen molar-refractivity contribution in [2.24, 2.45) is 0 Å². The van der Waals surface area contributed by atoms with Gasteiger partial charge >= 0.3 is 6.18 Å². The van der Waals surface area contributed by atoms with Crippen molar-refractivity contribution >= 4 is 5.78 Å². The van der Waals surface area contributed by atoms with E-state index in [1.54, 1.807) is 0 Å². The Hall–Kier alpha value is -1.72. The Kier molecular flexibility index (Phi) is 3.11. The van der Waals surface area contributed by atoms with Gasteiger partial charge in [0.05, 0.1) is 12.7 Å². The third-order valence-electron chi connectivity index (χ3n) is 2.00. The molecule has 0 aromatic heterocycles. The maximum absolute atomic E-state index is 12.5. The van der Waals surface area contributed by atoms with Crippen LogP contribution in [0.25, 0.3) is 0 Å². The lowest BCUT2D eigenvalue weighted by atomic mass is 10.0. The van der Waals surface area contributed by atoms with E-state index >= 15 is 0 Å². The van der Waals surface area contributed by atoms with Crippen LogP contribution >= 0.6 is 0 Å². The van der Waals surface area contributed by atoms with E-state index in [9.17, 15) is 23.1 Å². The second-order valence-electron chi connectivity index (χ2n) is 3.13. The summed E-state index contributed by atoms with van der Waals surface area (Å²) in [5.41, 5.74) is -1.69. The molecule has 1 N–H and O–H groups in total. The smallest absolute Gasteiger partial charge is 0.420 e.